The standard InChI is InChI=1S/C27H37N5O/c1-20(2)31-10-12-32(13-11-31)24-6-4-22(5-7-24)27-25-19-23(29-26(25)18-21(3)28-27)8-9-30-14-16-33-17-15-30/h4-7,18-20,29H,8-17H2,1-3H3. The maximum Gasteiger partial charge on any atom is 0.0799 e. The van der Waals surface area contributed by atoms with Gasteiger partial charge in [-0.05, 0) is 45.0 Å². The highest BCUT2D eigenvalue weighted by Gasteiger charge is 2.19. The van der Waals surface area contributed by atoms with Gasteiger partial charge in [0.05, 0.1) is 18.9 Å². The number of nitrogens with one attached hydrogen (secondary N) is 1. The Morgan fingerprint density at radius 1 is 0.970 bits per heavy atom. The van der Waals surface area contributed by atoms with Crippen molar-refractivity contribution >= 4 is 16.6 Å². The van der Waals surface area contributed by atoms with E-state index in [0.717, 1.165) is 76.8 Å². The molecule has 33 heavy (non-hydrogen) atoms. The van der Waals surface area contributed by atoms with E-state index in [9.17, 15) is 0 Å². The van der Waals surface area contributed by atoms with Crippen molar-refractivity contribution in [3.8, 4) is 11.3 Å². The number of aryl methyl sites for hydroxylation is 1. The zero-order valence-electron chi connectivity index (χ0n) is 20.3. The third-order valence-electron chi connectivity index (χ3n) is 7.15. The van der Waals surface area contributed by atoms with E-state index in [2.05, 4.69) is 76.9 Å². The SMILES string of the molecule is Cc1cc2[nH]c(CCN3CCOCC3)cc2c(-c2ccc(N3CCN(C(C)C)CC3)cc2)n1. The van der Waals surface area contributed by atoms with Crippen molar-refractivity contribution in [1.82, 2.24) is 19.8 Å². The maximum atomic E-state index is 5.48. The molecule has 2 aromatic heterocycles. The second kappa shape index (κ2) is 9.84. The van der Waals surface area contributed by atoms with E-state index in [1.165, 1.54) is 27.8 Å². The summed E-state index contributed by atoms with van der Waals surface area (Å²) >= 11 is 0. The number of hydrogen-bond acceptors (Lipinski definition) is 5. The van der Waals surface area contributed by atoms with Crippen LogP contribution in [0.3, 0.4) is 0 Å². The summed E-state index contributed by atoms with van der Waals surface area (Å²) in [6.07, 6.45) is 1.02. The molecule has 0 radical (unpaired) electrons. The summed E-state index contributed by atoms with van der Waals surface area (Å²) in [5, 5.41) is 1.22. The van der Waals surface area contributed by atoms with E-state index in [1.54, 1.807) is 0 Å². The third-order valence-corrected chi connectivity index (χ3v) is 7.15. The predicted octanol–water partition coefficient (Wildman–Crippen LogP) is 3.94. The molecular formula is C27H37N5O. The van der Waals surface area contributed by atoms with Gasteiger partial charge >= 0.3 is 0 Å². The van der Waals surface area contributed by atoms with Crippen molar-refractivity contribution in [2.75, 3.05) is 63.9 Å². The molecule has 0 spiro atoms. The summed E-state index contributed by atoms with van der Waals surface area (Å²) in [5.41, 5.74) is 7.09. The summed E-state index contributed by atoms with van der Waals surface area (Å²) in [6.45, 7) is 15.9. The lowest BCUT2D eigenvalue weighted by atomic mass is 10.1. The van der Waals surface area contributed by atoms with Crippen molar-refractivity contribution in [1.29, 1.82) is 0 Å². The van der Waals surface area contributed by atoms with Gasteiger partial charge in [0.15, 0.2) is 0 Å². The van der Waals surface area contributed by atoms with Crippen molar-refractivity contribution in [3.05, 3.63) is 47.8 Å². The molecule has 0 unspecified atom stereocenters. The van der Waals surface area contributed by atoms with Crippen LogP contribution in [0, 0.1) is 6.92 Å². The number of morpholine rings is 1. The molecule has 5 rings (SSSR count). The molecule has 2 aliphatic heterocycles. The molecule has 0 amide bonds. The summed E-state index contributed by atoms with van der Waals surface area (Å²) in [6, 6.07) is 14.1. The molecule has 0 atom stereocenters. The number of hydrogen-bond donors (Lipinski definition) is 1. The van der Waals surface area contributed by atoms with Gasteiger partial charge in [-0.15, -0.1) is 0 Å². The van der Waals surface area contributed by atoms with E-state index in [-0.39, 0.29) is 0 Å². The van der Waals surface area contributed by atoms with Gasteiger partial charge in [-0.1, -0.05) is 12.1 Å². The average Bonchev–Trinajstić information content (AvgIpc) is 3.26. The van der Waals surface area contributed by atoms with Crippen LogP contribution in [-0.2, 0) is 11.2 Å². The zero-order valence-corrected chi connectivity index (χ0v) is 20.3. The Morgan fingerprint density at radius 3 is 2.39 bits per heavy atom. The Labute approximate surface area is 197 Å². The van der Waals surface area contributed by atoms with E-state index < -0.39 is 0 Å². The molecule has 2 aliphatic rings. The molecule has 1 N–H and O–H groups in total. The summed E-state index contributed by atoms with van der Waals surface area (Å²) in [5.74, 6) is 0. The first-order valence-electron chi connectivity index (χ1n) is 12.5. The van der Waals surface area contributed by atoms with Crippen LogP contribution in [-0.4, -0.2) is 84.8 Å². The van der Waals surface area contributed by atoms with Crippen LogP contribution in [0.15, 0.2) is 36.4 Å². The van der Waals surface area contributed by atoms with E-state index in [4.69, 9.17) is 9.72 Å². The van der Waals surface area contributed by atoms with Crippen molar-refractivity contribution < 1.29 is 4.74 Å². The van der Waals surface area contributed by atoms with Crippen LogP contribution in [0.5, 0.6) is 0 Å². The van der Waals surface area contributed by atoms with Crippen LogP contribution in [0.4, 0.5) is 5.69 Å². The van der Waals surface area contributed by atoms with Crippen molar-refractivity contribution in [2.24, 2.45) is 0 Å². The number of rotatable bonds is 6. The number of aromatic amines is 1. The highest BCUT2D eigenvalue weighted by atomic mass is 16.5. The molecule has 2 fully saturated rings. The number of H-pyrrole nitrogens is 1. The number of piperazine rings is 1. The van der Waals surface area contributed by atoms with Gasteiger partial charge in [0.2, 0.25) is 0 Å². The molecule has 3 aromatic rings. The van der Waals surface area contributed by atoms with Gasteiger partial charge in [0.25, 0.3) is 0 Å². The molecule has 4 heterocycles. The number of fused-ring (bicyclic) bond motifs is 1. The largest absolute Gasteiger partial charge is 0.379 e. The minimum absolute atomic E-state index is 0.629. The monoisotopic (exact) mass is 447 g/mol. The highest BCUT2D eigenvalue weighted by molar-refractivity contribution is 5.94. The molecule has 0 bridgehead atoms. The van der Waals surface area contributed by atoms with Crippen LogP contribution in [0.25, 0.3) is 22.2 Å². The van der Waals surface area contributed by atoms with Gasteiger partial charge in [0.1, 0.15) is 0 Å². The Morgan fingerprint density at radius 2 is 1.70 bits per heavy atom. The lowest BCUT2D eigenvalue weighted by Gasteiger charge is -2.38. The molecule has 2 saturated heterocycles. The number of aromatic nitrogens is 2. The lowest BCUT2D eigenvalue weighted by Crippen LogP contribution is -2.48. The molecule has 6 heteroatoms. The molecule has 1 aromatic carbocycles. The molecule has 0 aliphatic carbocycles. The Bertz CT molecular complexity index is 1060. The minimum Gasteiger partial charge on any atom is -0.379 e. The van der Waals surface area contributed by atoms with E-state index >= 15 is 0 Å². The fraction of sp³-hybridized carbons (Fsp3) is 0.519. The van der Waals surface area contributed by atoms with E-state index in [1.807, 2.05) is 0 Å². The molecule has 6 nitrogen and oxygen atoms in total. The molecule has 0 saturated carbocycles. The number of anilines is 1. The van der Waals surface area contributed by atoms with E-state index in [0.29, 0.717) is 6.04 Å². The summed E-state index contributed by atoms with van der Waals surface area (Å²) in [7, 11) is 0. The van der Waals surface area contributed by atoms with Crippen LogP contribution >= 0.6 is 0 Å². The predicted molar refractivity (Wildman–Crippen MR) is 136 cm³/mol. The fourth-order valence-corrected chi connectivity index (χ4v) is 5.10. The number of nitrogens with zero attached hydrogens (tertiary/aromatic N) is 4. The fourth-order valence-electron chi connectivity index (χ4n) is 5.10. The third kappa shape index (κ3) is 5.08. The Hall–Kier alpha value is -2.41. The zero-order chi connectivity index (χ0) is 22.8. The average molecular weight is 448 g/mol. The normalized spacial score (nSPS) is 18.5. The van der Waals surface area contributed by atoms with Gasteiger partial charge in [-0.2, -0.15) is 0 Å². The lowest BCUT2D eigenvalue weighted by molar-refractivity contribution is 0.0383. The number of pyridine rings is 1. The van der Waals surface area contributed by atoms with Crippen LogP contribution < -0.4 is 4.90 Å². The summed E-state index contributed by atoms with van der Waals surface area (Å²) in [4.78, 5) is 16.1. The molecular weight excluding hydrogens is 410 g/mol. The quantitative estimate of drug-likeness (QED) is 0.620. The van der Waals surface area contributed by atoms with Crippen LogP contribution in [0.1, 0.15) is 25.2 Å². The maximum absolute atomic E-state index is 5.48. The topological polar surface area (TPSA) is 47.6 Å². The Kier molecular flexibility index (Phi) is 6.67. The van der Waals surface area contributed by atoms with Gasteiger partial charge in [-0.3, -0.25) is 14.8 Å². The first-order chi connectivity index (χ1) is 16.1. The van der Waals surface area contributed by atoms with Crippen molar-refractivity contribution in [3.63, 3.8) is 0 Å². The summed E-state index contributed by atoms with van der Waals surface area (Å²) < 4.78 is 5.48. The van der Waals surface area contributed by atoms with Gasteiger partial charge in [0, 0.05) is 91.8 Å². The number of benzene rings is 1. The smallest absolute Gasteiger partial charge is 0.0799 e. The first-order valence-corrected chi connectivity index (χ1v) is 12.5. The Balaban J connectivity index is 1.33. The number of ether oxygens (including phenoxy) is 1. The molecule has 176 valence electrons. The highest BCUT2D eigenvalue weighted by Crippen LogP contribution is 2.30. The first kappa shape index (κ1) is 22.4. The van der Waals surface area contributed by atoms with Gasteiger partial charge < -0.3 is 14.6 Å². The second-order valence-corrected chi connectivity index (χ2v) is 9.74. The van der Waals surface area contributed by atoms with Crippen molar-refractivity contribution in [2.45, 2.75) is 33.2 Å². The van der Waals surface area contributed by atoms with Crippen LogP contribution in [0.2, 0.25) is 0 Å². The van der Waals surface area contributed by atoms with Gasteiger partial charge in [-0.25, -0.2) is 0 Å². The minimum atomic E-state index is 0.629. The second-order valence-electron chi connectivity index (χ2n) is 9.74.